The summed E-state index contributed by atoms with van der Waals surface area (Å²) < 4.78 is 0.841. The van der Waals surface area contributed by atoms with E-state index in [9.17, 15) is 4.79 Å². The summed E-state index contributed by atoms with van der Waals surface area (Å²) in [7, 11) is 1.77. The molecule has 0 aromatic heterocycles. The third kappa shape index (κ3) is 1.21. The van der Waals surface area contributed by atoms with Gasteiger partial charge in [0.05, 0.1) is 6.42 Å². The van der Waals surface area contributed by atoms with Crippen molar-refractivity contribution in [1.82, 2.24) is 0 Å². The number of amides is 1. The fourth-order valence-corrected chi connectivity index (χ4v) is 1.83. The molecule has 68 valence electrons. The fraction of sp³-hybridized carbons (Fsp3) is 0.222. The van der Waals surface area contributed by atoms with E-state index >= 15 is 0 Å². The number of anilines is 2. The van der Waals surface area contributed by atoms with Crippen molar-refractivity contribution < 1.29 is 4.79 Å². The molecule has 3 nitrogen and oxygen atoms in total. The van der Waals surface area contributed by atoms with Gasteiger partial charge in [0.1, 0.15) is 0 Å². The van der Waals surface area contributed by atoms with Gasteiger partial charge in [-0.1, -0.05) is 0 Å². The van der Waals surface area contributed by atoms with Gasteiger partial charge in [-0.15, -0.1) is 0 Å². The van der Waals surface area contributed by atoms with Gasteiger partial charge in [0.2, 0.25) is 5.91 Å². The number of nitrogens with two attached hydrogens (primary N) is 1. The second-order valence-electron chi connectivity index (χ2n) is 3.13. The van der Waals surface area contributed by atoms with Crippen LogP contribution in [0.15, 0.2) is 16.6 Å². The summed E-state index contributed by atoms with van der Waals surface area (Å²) in [6.07, 6.45) is 0.462. The van der Waals surface area contributed by atoms with Crippen molar-refractivity contribution in [3.05, 3.63) is 22.2 Å². The monoisotopic (exact) mass is 240 g/mol. The van der Waals surface area contributed by atoms with Crippen LogP contribution < -0.4 is 10.6 Å². The van der Waals surface area contributed by atoms with E-state index in [1.54, 1.807) is 11.9 Å². The maximum absolute atomic E-state index is 11.3. The van der Waals surface area contributed by atoms with Gasteiger partial charge >= 0.3 is 0 Å². The summed E-state index contributed by atoms with van der Waals surface area (Å²) >= 11 is 3.33. The maximum Gasteiger partial charge on any atom is 0.231 e. The first-order valence-corrected chi connectivity index (χ1v) is 4.73. The lowest BCUT2D eigenvalue weighted by Crippen LogP contribution is -2.20. The van der Waals surface area contributed by atoms with E-state index in [4.69, 9.17) is 5.73 Å². The Morgan fingerprint density at radius 1 is 1.54 bits per heavy atom. The largest absolute Gasteiger partial charge is 0.398 e. The molecule has 0 aliphatic carbocycles. The number of halogens is 1. The summed E-state index contributed by atoms with van der Waals surface area (Å²) in [6, 6.07) is 3.73. The van der Waals surface area contributed by atoms with E-state index in [1.165, 1.54) is 0 Å². The fourth-order valence-electron chi connectivity index (χ4n) is 1.50. The van der Waals surface area contributed by atoms with Gasteiger partial charge in [0.15, 0.2) is 0 Å². The molecule has 1 heterocycles. The number of carbonyl (C=O) groups excluding carboxylic acids is 1. The molecule has 0 saturated carbocycles. The Labute approximate surface area is 84.6 Å². The van der Waals surface area contributed by atoms with Gasteiger partial charge in [-0.25, -0.2) is 0 Å². The summed E-state index contributed by atoms with van der Waals surface area (Å²) in [6.45, 7) is 0. The van der Waals surface area contributed by atoms with Gasteiger partial charge in [0, 0.05) is 22.9 Å². The van der Waals surface area contributed by atoms with E-state index in [2.05, 4.69) is 15.9 Å². The van der Waals surface area contributed by atoms with Crippen LogP contribution in [0.2, 0.25) is 0 Å². The minimum absolute atomic E-state index is 0.118. The highest BCUT2D eigenvalue weighted by atomic mass is 79.9. The Morgan fingerprint density at radius 2 is 2.23 bits per heavy atom. The molecule has 2 N–H and O–H groups in total. The topological polar surface area (TPSA) is 46.3 Å². The molecule has 2 rings (SSSR count). The number of hydrogen-bond donors (Lipinski definition) is 1. The smallest absolute Gasteiger partial charge is 0.231 e. The van der Waals surface area contributed by atoms with Crippen LogP contribution in [-0.4, -0.2) is 13.0 Å². The minimum atomic E-state index is 0.118. The van der Waals surface area contributed by atoms with E-state index in [0.29, 0.717) is 12.1 Å². The number of carbonyl (C=O) groups is 1. The van der Waals surface area contributed by atoms with Gasteiger partial charge in [0.25, 0.3) is 0 Å². The predicted molar refractivity (Wildman–Crippen MR) is 55.7 cm³/mol. The van der Waals surface area contributed by atoms with E-state index in [-0.39, 0.29) is 5.91 Å². The maximum atomic E-state index is 11.3. The van der Waals surface area contributed by atoms with Crippen molar-refractivity contribution in [2.75, 3.05) is 17.7 Å². The zero-order chi connectivity index (χ0) is 9.59. The molecule has 1 amide bonds. The predicted octanol–water partition coefficient (Wildman–Crippen LogP) is 1.55. The lowest BCUT2D eigenvalue weighted by atomic mass is 10.1. The Morgan fingerprint density at radius 3 is 2.92 bits per heavy atom. The SMILES string of the molecule is CN1C(=O)Cc2cc(N)c(Br)cc21. The third-order valence-corrected chi connectivity index (χ3v) is 2.96. The molecule has 0 saturated heterocycles. The number of hydrogen-bond acceptors (Lipinski definition) is 2. The normalized spacial score (nSPS) is 14.9. The summed E-state index contributed by atoms with van der Waals surface area (Å²) in [5.41, 5.74) is 8.35. The molecule has 0 radical (unpaired) electrons. The van der Waals surface area contributed by atoms with Crippen molar-refractivity contribution in [2.24, 2.45) is 0 Å². The molecule has 1 aromatic carbocycles. The van der Waals surface area contributed by atoms with Crippen molar-refractivity contribution in [3.63, 3.8) is 0 Å². The van der Waals surface area contributed by atoms with Crippen molar-refractivity contribution in [3.8, 4) is 0 Å². The van der Waals surface area contributed by atoms with Crippen molar-refractivity contribution >= 4 is 33.2 Å². The number of nitrogen functional groups attached to an aromatic ring is 1. The molecule has 13 heavy (non-hydrogen) atoms. The minimum Gasteiger partial charge on any atom is -0.398 e. The first-order chi connectivity index (χ1) is 6.09. The number of fused-ring (bicyclic) bond motifs is 1. The molecular weight excluding hydrogens is 232 g/mol. The van der Waals surface area contributed by atoms with Crippen LogP contribution in [0.4, 0.5) is 11.4 Å². The van der Waals surface area contributed by atoms with Gasteiger partial charge in [-0.2, -0.15) is 0 Å². The quantitative estimate of drug-likeness (QED) is 0.700. The van der Waals surface area contributed by atoms with Gasteiger partial charge < -0.3 is 10.6 Å². The summed E-state index contributed by atoms with van der Waals surface area (Å²) in [4.78, 5) is 13.0. The average molecular weight is 241 g/mol. The Balaban J connectivity index is 2.59. The van der Waals surface area contributed by atoms with Crippen LogP contribution in [0.1, 0.15) is 5.56 Å². The van der Waals surface area contributed by atoms with Crippen molar-refractivity contribution in [2.45, 2.75) is 6.42 Å². The standard InChI is InChI=1S/C9H9BrN2O/c1-12-8-4-6(10)7(11)2-5(8)3-9(12)13/h2,4H,3,11H2,1H3. The van der Waals surface area contributed by atoms with E-state index in [1.807, 2.05) is 12.1 Å². The van der Waals surface area contributed by atoms with Crippen LogP contribution >= 0.6 is 15.9 Å². The Kier molecular flexibility index (Phi) is 1.80. The summed E-state index contributed by atoms with van der Waals surface area (Å²) in [5.74, 6) is 0.118. The highest BCUT2D eigenvalue weighted by Crippen LogP contribution is 2.34. The molecule has 0 atom stereocenters. The molecule has 0 spiro atoms. The lowest BCUT2D eigenvalue weighted by Gasteiger charge is -2.10. The molecule has 0 unspecified atom stereocenters. The number of rotatable bonds is 0. The third-order valence-electron chi connectivity index (χ3n) is 2.28. The molecule has 1 aliphatic rings. The van der Waals surface area contributed by atoms with Crippen LogP contribution in [-0.2, 0) is 11.2 Å². The Bertz CT molecular complexity index is 389. The molecule has 1 aromatic rings. The lowest BCUT2D eigenvalue weighted by molar-refractivity contribution is -0.117. The van der Waals surface area contributed by atoms with Crippen LogP contribution in [0, 0.1) is 0 Å². The molecule has 1 aliphatic heterocycles. The zero-order valence-corrected chi connectivity index (χ0v) is 8.76. The Hall–Kier alpha value is -1.03. The van der Waals surface area contributed by atoms with Crippen LogP contribution in [0.5, 0.6) is 0 Å². The molecular formula is C9H9BrN2O. The van der Waals surface area contributed by atoms with Crippen LogP contribution in [0.25, 0.3) is 0 Å². The van der Waals surface area contributed by atoms with Crippen LogP contribution in [0.3, 0.4) is 0 Å². The summed E-state index contributed by atoms with van der Waals surface area (Å²) in [5, 5.41) is 0. The number of benzene rings is 1. The molecule has 0 bridgehead atoms. The average Bonchev–Trinajstić information content (AvgIpc) is 2.32. The first kappa shape index (κ1) is 8.56. The second kappa shape index (κ2) is 2.73. The highest BCUT2D eigenvalue weighted by Gasteiger charge is 2.24. The van der Waals surface area contributed by atoms with Gasteiger partial charge in [-0.3, -0.25) is 4.79 Å². The highest BCUT2D eigenvalue weighted by molar-refractivity contribution is 9.10. The number of likely N-dealkylation sites (N-methyl/N-ethyl adjacent to an activating group) is 1. The zero-order valence-electron chi connectivity index (χ0n) is 7.17. The second-order valence-corrected chi connectivity index (χ2v) is 3.99. The molecule has 0 fully saturated rings. The number of nitrogens with zero attached hydrogens (tertiary/aromatic N) is 1. The van der Waals surface area contributed by atoms with Crippen molar-refractivity contribution in [1.29, 1.82) is 0 Å². The van der Waals surface area contributed by atoms with Gasteiger partial charge in [-0.05, 0) is 33.6 Å². The van der Waals surface area contributed by atoms with E-state index in [0.717, 1.165) is 15.7 Å². The van der Waals surface area contributed by atoms with E-state index < -0.39 is 0 Å². The first-order valence-electron chi connectivity index (χ1n) is 3.94. The molecule has 4 heteroatoms.